The highest BCUT2D eigenvalue weighted by atomic mass is 19.1. The fourth-order valence-corrected chi connectivity index (χ4v) is 2.80. The second-order valence-corrected chi connectivity index (χ2v) is 5.59. The molecule has 2 aromatic carbocycles. The lowest BCUT2D eigenvalue weighted by molar-refractivity contribution is -0.115. The third-order valence-electron chi connectivity index (χ3n) is 3.91. The zero-order valence-electron chi connectivity index (χ0n) is 12.8. The van der Waals surface area contributed by atoms with Gasteiger partial charge in [-0.1, -0.05) is 0 Å². The maximum absolute atomic E-state index is 13.4. The molecule has 0 unspecified atom stereocenters. The summed E-state index contributed by atoms with van der Waals surface area (Å²) in [4.78, 5) is 15.3. The fourth-order valence-electron chi connectivity index (χ4n) is 2.80. The third kappa shape index (κ3) is 2.78. The van der Waals surface area contributed by atoms with Crippen molar-refractivity contribution in [2.24, 2.45) is 0 Å². The average Bonchev–Trinajstić information content (AvgIpc) is 2.97. The number of aromatic nitrogens is 1. The van der Waals surface area contributed by atoms with Crippen molar-refractivity contribution in [1.29, 1.82) is 0 Å². The Morgan fingerprint density at radius 3 is 2.83 bits per heavy atom. The largest absolute Gasteiger partial charge is 0.486 e. The Morgan fingerprint density at radius 2 is 1.96 bits per heavy atom. The highest BCUT2D eigenvalue weighted by Crippen LogP contribution is 2.32. The first kappa shape index (κ1) is 14.6. The van der Waals surface area contributed by atoms with Gasteiger partial charge in [0.05, 0.1) is 6.42 Å². The van der Waals surface area contributed by atoms with E-state index in [4.69, 9.17) is 9.47 Å². The first-order valence-electron chi connectivity index (χ1n) is 7.64. The number of amides is 1. The number of fused-ring (bicyclic) bond motifs is 2. The number of ether oxygens (including phenoxy) is 2. The SMILES string of the molecule is O=C(Cc1c[nH]c2ccc(F)cc12)Nc1ccc2c(c1)OCCO2. The number of rotatable bonds is 3. The maximum atomic E-state index is 13.4. The van der Waals surface area contributed by atoms with Crippen LogP contribution in [0.3, 0.4) is 0 Å². The number of carbonyl (C=O) groups is 1. The number of nitrogens with one attached hydrogen (secondary N) is 2. The normalized spacial score (nSPS) is 13.0. The van der Waals surface area contributed by atoms with Gasteiger partial charge in [-0.05, 0) is 35.9 Å². The zero-order valence-corrected chi connectivity index (χ0v) is 12.8. The summed E-state index contributed by atoms with van der Waals surface area (Å²) in [5, 5.41) is 3.54. The quantitative estimate of drug-likeness (QED) is 0.776. The number of H-pyrrole nitrogens is 1. The molecule has 122 valence electrons. The molecule has 1 aliphatic rings. The molecule has 1 aromatic heterocycles. The van der Waals surface area contributed by atoms with Crippen LogP contribution in [-0.4, -0.2) is 24.1 Å². The Morgan fingerprint density at radius 1 is 1.12 bits per heavy atom. The van der Waals surface area contributed by atoms with Gasteiger partial charge in [0.15, 0.2) is 11.5 Å². The van der Waals surface area contributed by atoms with Crippen molar-refractivity contribution in [3.63, 3.8) is 0 Å². The molecule has 2 heterocycles. The number of hydrogen-bond donors (Lipinski definition) is 2. The Labute approximate surface area is 137 Å². The molecule has 0 aliphatic carbocycles. The molecule has 3 aromatic rings. The number of anilines is 1. The summed E-state index contributed by atoms with van der Waals surface area (Å²) < 4.78 is 24.3. The summed E-state index contributed by atoms with van der Waals surface area (Å²) in [6.45, 7) is 1.02. The van der Waals surface area contributed by atoms with Crippen LogP contribution in [0.5, 0.6) is 11.5 Å². The highest BCUT2D eigenvalue weighted by Gasteiger charge is 2.14. The molecule has 6 heteroatoms. The summed E-state index contributed by atoms with van der Waals surface area (Å²) in [5.41, 5.74) is 2.19. The number of benzene rings is 2. The van der Waals surface area contributed by atoms with Gasteiger partial charge in [0, 0.05) is 28.9 Å². The van der Waals surface area contributed by atoms with Gasteiger partial charge < -0.3 is 19.8 Å². The predicted molar refractivity (Wildman–Crippen MR) is 88.0 cm³/mol. The van der Waals surface area contributed by atoms with E-state index < -0.39 is 0 Å². The lowest BCUT2D eigenvalue weighted by Crippen LogP contribution is -2.17. The van der Waals surface area contributed by atoms with Gasteiger partial charge in [0.1, 0.15) is 19.0 Å². The van der Waals surface area contributed by atoms with Crippen LogP contribution in [-0.2, 0) is 11.2 Å². The molecule has 0 saturated carbocycles. The van der Waals surface area contributed by atoms with E-state index in [-0.39, 0.29) is 18.1 Å². The summed E-state index contributed by atoms with van der Waals surface area (Å²) >= 11 is 0. The lowest BCUT2D eigenvalue weighted by atomic mass is 10.1. The summed E-state index contributed by atoms with van der Waals surface area (Å²) in [6.07, 6.45) is 1.88. The molecule has 0 bridgehead atoms. The van der Waals surface area contributed by atoms with Gasteiger partial charge in [0.2, 0.25) is 5.91 Å². The molecular formula is C18H15FN2O3. The van der Waals surface area contributed by atoms with Crippen LogP contribution >= 0.6 is 0 Å². The van der Waals surface area contributed by atoms with Gasteiger partial charge in [-0.25, -0.2) is 4.39 Å². The van der Waals surface area contributed by atoms with E-state index >= 15 is 0 Å². The minimum atomic E-state index is -0.324. The minimum absolute atomic E-state index is 0.151. The van der Waals surface area contributed by atoms with Crippen LogP contribution in [0.1, 0.15) is 5.56 Å². The molecule has 1 aliphatic heterocycles. The molecule has 24 heavy (non-hydrogen) atoms. The maximum Gasteiger partial charge on any atom is 0.228 e. The highest BCUT2D eigenvalue weighted by molar-refractivity contribution is 5.96. The second kappa shape index (κ2) is 5.88. The minimum Gasteiger partial charge on any atom is -0.486 e. The molecule has 0 atom stereocenters. The monoisotopic (exact) mass is 326 g/mol. The number of halogens is 1. The van der Waals surface area contributed by atoms with E-state index in [2.05, 4.69) is 10.3 Å². The number of aromatic amines is 1. The first-order chi connectivity index (χ1) is 11.7. The number of carbonyl (C=O) groups excluding carboxylic acids is 1. The van der Waals surface area contributed by atoms with E-state index in [1.807, 2.05) is 0 Å². The Balaban J connectivity index is 1.51. The van der Waals surface area contributed by atoms with Crippen molar-refractivity contribution in [1.82, 2.24) is 4.98 Å². The van der Waals surface area contributed by atoms with Gasteiger partial charge in [0.25, 0.3) is 0 Å². The summed E-state index contributed by atoms with van der Waals surface area (Å²) in [6, 6.07) is 9.75. The Hall–Kier alpha value is -3.02. The Kier molecular flexibility index (Phi) is 3.57. The lowest BCUT2D eigenvalue weighted by Gasteiger charge is -2.19. The van der Waals surface area contributed by atoms with E-state index in [0.29, 0.717) is 35.8 Å². The van der Waals surface area contributed by atoms with Gasteiger partial charge in [-0.2, -0.15) is 0 Å². The molecule has 1 amide bonds. The molecule has 0 fully saturated rings. The van der Waals surface area contributed by atoms with Gasteiger partial charge in [-0.3, -0.25) is 4.79 Å². The van der Waals surface area contributed by atoms with Gasteiger partial charge >= 0.3 is 0 Å². The topological polar surface area (TPSA) is 63.4 Å². The molecule has 0 spiro atoms. The predicted octanol–water partition coefficient (Wildman–Crippen LogP) is 3.26. The van der Waals surface area contributed by atoms with Crippen LogP contribution in [0.2, 0.25) is 0 Å². The third-order valence-corrected chi connectivity index (χ3v) is 3.91. The Bertz CT molecular complexity index is 920. The van der Waals surface area contributed by atoms with Crippen LogP contribution in [0.4, 0.5) is 10.1 Å². The van der Waals surface area contributed by atoms with Crippen molar-refractivity contribution in [2.75, 3.05) is 18.5 Å². The fraction of sp³-hybridized carbons (Fsp3) is 0.167. The molecule has 5 nitrogen and oxygen atoms in total. The summed E-state index contributed by atoms with van der Waals surface area (Å²) in [7, 11) is 0. The first-order valence-corrected chi connectivity index (χ1v) is 7.64. The molecule has 0 saturated heterocycles. The molecule has 4 rings (SSSR count). The standard InChI is InChI=1S/C18H15FN2O3/c19-12-1-3-15-14(8-12)11(10-20-15)7-18(22)21-13-2-4-16-17(9-13)24-6-5-23-16/h1-4,8-10,20H,5-7H2,(H,21,22). The molecule has 0 radical (unpaired) electrons. The second-order valence-electron chi connectivity index (χ2n) is 5.59. The van der Waals surface area contributed by atoms with Crippen molar-refractivity contribution >= 4 is 22.5 Å². The van der Waals surface area contributed by atoms with Crippen molar-refractivity contribution in [3.05, 3.63) is 54.0 Å². The van der Waals surface area contributed by atoms with Crippen LogP contribution in [0.25, 0.3) is 10.9 Å². The van der Waals surface area contributed by atoms with Gasteiger partial charge in [-0.15, -0.1) is 0 Å². The van der Waals surface area contributed by atoms with E-state index in [9.17, 15) is 9.18 Å². The smallest absolute Gasteiger partial charge is 0.228 e. The molecular weight excluding hydrogens is 311 g/mol. The van der Waals surface area contributed by atoms with Crippen molar-refractivity contribution < 1.29 is 18.7 Å². The van der Waals surface area contributed by atoms with Crippen LogP contribution in [0.15, 0.2) is 42.6 Å². The van der Waals surface area contributed by atoms with Crippen molar-refractivity contribution in [2.45, 2.75) is 6.42 Å². The van der Waals surface area contributed by atoms with E-state index in [1.54, 1.807) is 30.5 Å². The van der Waals surface area contributed by atoms with E-state index in [1.165, 1.54) is 12.1 Å². The van der Waals surface area contributed by atoms with Crippen LogP contribution in [0, 0.1) is 5.82 Å². The van der Waals surface area contributed by atoms with Crippen molar-refractivity contribution in [3.8, 4) is 11.5 Å². The van der Waals surface area contributed by atoms with E-state index in [0.717, 1.165) is 11.1 Å². The average molecular weight is 326 g/mol. The summed E-state index contributed by atoms with van der Waals surface area (Å²) in [5.74, 6) is 0.784. The zero-order chi connectivity index (χ0) is 16.5. The van der Waals surface area contributed by atoms with Crippen LogP contribution < -0.4 is 14.8 Å². The number of hydrogen-bond acceptors (Lipinski definition) is 3. The molecule has 2 N–H and O–H groups in total.